The minimum Gasteiger partial charge on any atom is -0.461 e. The minimum atomic E-state index is -4.67. The zero-order valence-electron chi connectivity index (χ0n) is 24.5. The van der Waals surface area contributed by atoms with Gasteiger partial charge in [0.2, 0.25) is 0 Å². The van der Waals surface area contributed by atoms with Gasteiger partial charge in [-0.3, -0.25) is 4.79 Å². The molecule has 1 saturated carbocycles. The maximum absolute atomic E-state index is 14.3. The van der Waals surface area contributed by atoms with Crippen LogP contribution in [0.15, 0.2) is 60.8 Å². The van der Waals surface area contributed by atoms with Crippen molar-refractivity contribution in [1.82, 2.24) is 20.3 Å². The predicted molar refractivity (Wildman–Crippen MR) is 158 cm³/mol. The first-order valence-electron chi connectivity index (χ1n) is 14.0. The van der Waals surface area contributed by atoms with Crippen LogP contribution in [0.4, 0.5) is 13.2 Å². The maximum Gasteiger partial charge on any atom is 0.394 e. The quantitative estimate of drug-likeness (QED) is 0.183. The van der Waals surface area contributed by atoms with Crippen LogP contribution in [-0.4, -0.2) is 44.2 Å². The zero-order chi connectivity index (χ0) is 31.4. The van der Waals surface area contributed by atoms with Crippen molar-refractivity contribution < 1.29 is 32.2 Å². The maximum atomic E-state index is 14.3. The van der Waals surface area contributed by atoms with Crippen LogP contribution in [0.3, 0.4) is 0 Å². The van der Waals surface area contributed by atoms with Crippen LogP contribution in [0, 0.1) is 5.41 Å². The van der Waals surface area contributed by atoms with Gasteiger partial charge in [-0.25, -0.2) is 4.79 Å². The summed E-state index contributed by atoms with van der Waals surface area (Å²) in [5.74, 6) is -1.65. The van der Waals surface area contributed by atoms with Gasteiger partial charge in [0.05, 0.1) is 35.2 Å². The number of alkyl halides is 3. The molecule has 43 heavy (non-hydrogen) atoms. The van der Waals surface area contributed by atoms with E-state index >= 15 is 0 Å². The number of nitrogens with zero attached hydrogens (tertiary/aromatic N) is 3. The van der Waals surface area contributed by atoms with Crippen LogP contribution in [0.25, 0.3) is 11.3 Å². The lowest BCUT2D eigenvalue weighted by atomic mass is 9.73. The first-order chi connectivity index (χ1) is 20.2. The fourth-order valence-electron chi connectivity index (χ4n) is 4.55. The van der Waals surface area contributed by atoms with E-state index in [0.29, 0.717) is 11.3 Å². The van der Waals surface area contributed by atoms with Crippen LogP contribution in [0.2, 0.25) is 0 Å². The summed E-state index contributed by atoms with van der Waals surface area (Å²) in [6.07, 6.45) is -2.88. The number of thiocarbonyl (C=S) groups is 1. The van der Waals surface area contributed by atoms with E-state index in [1.54, 1.807) is 73.4 Å². The van der Waals surface area contributed by atoms with Crippen molar-refractivity contribution >= 4 is 29.1 Å². The number of nitrogens with one attached hydrogen (secondary N) is 1. The monoisotopic (exact) mass is 616 g/mol. The number of halogens is 3. The fraction of sp³-hybridized carbons (Fsp3) is 0.452. The van der Waals surface area contributed by atoms with E-state index in [-0.39, 0.29) is 23.2 Å². The van der Waals surface area contributed by atoms with Gasteiger partial charge in [0.25, 0.3) is 0 Å². The number of rotatable bonds is 12. The van der Waals surface area contributed by atoms with Gasteiger partial charge >= 0.3 is 18.1 Å². The molecule has 0 amide bonds. The van der Waals surface area contributed by atoms with E-state index in [9.17, 15) is 22.8 Å². The second-order valence-electron chi connectivity index (χ2n) is 11.6. The van der Waals surface area contributed by atoms with Gasteiger partial charge in [-0.2, -0.15) is 28.2 Å². The molecular weight excluding hydrogens is 581 g/mol. The molecule has 230 valence electrons. The standard InChI is InChI=1S/C31H35F3N4O4S/c1-20(2)42-28(40)30(19-29(3,4)31(32,33)34,36-26(43)16-27(39)41-18-21-8-6-5-7-9-21)23-12-10-22(11-13-23)25-17-35-38(37-25)24-14-15-24/h5-13,17,20,24H,14-16,18-19H2,1-4H3,(H,36,43)/t30-/m1/s1. The van der Waals surface area contributed by atoms with E-state index < -0.39 is 48.0 Å². The molecule has 2 aromatic carbocycles. The van der Waals surface area contributed by atoms with Crippen molar-refractivity contribution in [2.75, 3.05) is 0 Å². The third kappa shape index (κ3) is 7.98. The van der Waals surface area contributed by atoms with Crippen molar-refractivity contribution in [2.24, 2.45) is 5.41 Å². The van der Waals surface area contributed by atoms with Gasteiger partial charge in [0.15, 0.2) is 5.54 Å². The molecule has 3 aromatic rings. The molecule has 0 bridgehead atoms. The molecule has 1 fully saturated rings. The topological polar surface area (TPSA) is 95.3 Å². The molecule has 8 nitrogen and oxygen atoms in total. The lowest BCUT2D eigenvalue weighted by molar-refractivity contribution is -0.220. The molecule has 1 N–H and O–H groups in total. The number of hydrogen-bond donors (Lipinski definition) is 1. The molecular formula is C31H35F3N4O4S. The normalized spacial score (nSPS) is 15.1. The lowest BCUT2D eigenvalue weighted by Gasteiger charge is -2.41. The Hall–Kier alpha value is -3.80. The number of hydrogen-bond acceptors (Lipinski definition) is 7. The number of aromatic nitrogens is 3. The zero-order valence-corrected chi connectivity index (χ0v) is 25.3. The number of ether oxygens (including phenoxy) is 2. The predicted octanol–water partition coefficient (Wildman–Crippen LogP) is 6.46. The molecule has 0 aliphatic heterocycles. The Labute approximate surface area is 253 Å². The summed E-state index contributed by atoms with van der Waals surface area (Å²) in [6.45, 7) is 5.21. The highest BCUT2D eigenvalue weighted by molar-refractivity contribution is 7.80. The number of carbonyl (C=O) groups excluding carboxylic acids is 2. The Balaban J connectivity index is 1.66. The van der Waals surface area contributed by atoms with Crippen molar-refractivity contribution in [3.8, 4) is 11.3 Å². The summed E-state index contributed by atoms with van der Waals surface area (Å²) >= 11 is 5.44. The molecule has 0 unspecified atom stereocenters. The molecule has 1 aliphatic rings. The summed E-state index contributed by atoms with van der Waals surface area (Å²) in [5.41, 5.74) is -2.23. The van der Waals surface area contributed by atoms with E-state index in [4.69, 9.17) is 21.7 Å². The molecule has 0 saturated heterocycles. The van der Waals surface area contributed by atoms with Crippen molar-refractivity contribution in [3.63, 3.8) is 0 Å². The van der Waals surface area contributed by atoms with Gasteiger partial charge in [-0.1, -0.05) is 80.7 Å². The first-order valence-corrected chi connectivity index (χ1v) is 14.4. The van der Waals surface area contributed by atoms with Gasteiger partial charge in [0.1, 0.15) is 12.3 Å². The van der Waals surface area contributed by atoms with Crippen LogP contribution >= 0.6 is 12.2 Å². The first kappa shape index (κ1) is 32.1. The highest BCUT2D eigenvalue weighted by Gasteiger charge is 2.56. The van der Waals surface area contributed by atoms with Crippen LogP contribution < -0.4 is 5.32 Å². The Kier molecular flexibility index (Phi) is 9.58. The Morgan fingerprint density at radius 3 is 2.30 bits per heavy atom. The summed E-state index contributed by atoms with van der Waals surface area (Å²) < 4.78 is 53.6. The van der Waals surface area contributed by atoms with Crippen LogP contribution in [-0.2, 0) is 31.2 Å². The molecule has 1 aliphatic carbocycles. The Morgan fingerprint density at radius 2 is 1.72 bits per heavy atom. The Morgan fingerprint density at radius 1 is 1.07 bits per heavy atom. The summed E-state index contributed by atoms with van der Waals surface area (Å²) in [4.78, 5) is 27.9. The number of carbonyl (C=O) groups is 2. The van der Waals surface area contributed by atoms with Gasteiger partial charge in [-0.15, -0.1) is 0 Å². The molecule has 1 heterocycles. The second-order valence-corrected chi connectivity index (χ2v) is 12.1. The highest BCUT2D eigenvalue weighted by atomic mass is 32.1. The molecule has 1 atom stereocenters. The fourth-order valence-corrected chi connectivity index (χ4v) is 4.85. The van der Waals surface area contributed by atoms with Crippen LogP contribution in [0.1, 0.15) is 70.5 Å². The number of esters is 2. The molecule has 1 aromatic heterocycles. The minimum absolute atomic E-state index is 0.00322. The third-order valence-corrected chi connectivity index (χ3v) is 7.37. The largest absolute Gasteiger partial charge is 0.461 e. The van der Waals surface area contributed by atoms with Crippen molar-refractivity contribution in [3.05, 3.63) is 71.9 Å². The molecule has 4 rings (SSSR count). The molecule has 12 heteroatoms. The van der Waals surface area contributed by atoms with E-state index in [2.05, 4.69) is 15.5 Å². The second kappa shape index (κ2) is 12.8. The van der Waals surface area contributed by atoms with E-state index in [1.807, 2.05) is 6.07 Å². The number of benzene rings is 2. The lowest BCUT2D eigenvalue weighted by Crippen LogP contribution is -2.56. The van der Waals surface area contributed by atoms with E-state index in [0.717, 1.165) is 32.3 Å². The van der Waals surface area contributed by atoms with Gasteiger partial charge in [0, 0.05) is 5.56 Å². The Bertz CT molecular complexity index is 1440. The SMILES string of the molecule is CC(C)OC(=O)[C@](CC(C)(C)C(F)(F)F)(NC(=S)CC(=O)OCc1ccccc1)c1ccc(-c2cnn(C3CC3)n2)cc1. The smallest absolute Gasteiger partial charge is 0.394 e. The van der Waals surface area contributed by atoms with Gasteiger partial charge in [-0.05, 0) is 44.2 Å². The van der Waals surface area contributed by atoms with E-state index in [1.165, 1.54) is 0 Å². The van der Waals surface area contributed by atoms with Gasteiger partial charge < -0.3 is 14.8 Å². The summed E-state index contributed by atoms with van der Waals surface area (Å²) in [5, 5.41) is 11.6. The van der Waals surface area contributed by atoms with Crippen molar-refractivity contribution in [1.29, 1.82) is 0 Å². The molecule has 0 spiro atoms. The molecule has 0 radical (unpaired) electrons. The third-order valence-electron chi connectivity index (χ3n) is 7.12. The summed E-state index contributed by atoms with van der Waals surface area (Å²) in [6, 6.07) is 15.7. The van der Waals surface area contributed by atoms with Crippen molar-refractivity contribution in [2.45, 2.75) is 83.8 Å². The highest BCUT2D eigenvalue weighted by Crippen LogP contribution is 2.47. The van der Waals surface area contributed by atoms with Crippen LogP contribution in [0.5, 0.6) is 0 Å². The summed E-state index contributed by atoms with van der Waals surface area (Å²) in [7, 11) is 0. The average Bonchev–Trinajstić information content (AvgIpc) is 3.67. The average molecular weight is 617 g/mol.